The molecule has 0 saturated heterocycles. The summed E-state index contributed by atoms with van der Waals surface area (Å²) >= 11 is 1.31. The zero-order valence-electron chi connectivity index (χ0n) is 5.33. The van der Waals surface area contributed by atoms with Crippen LogP contribution in [0, 0.1) is 10.1 Å². The largest absolute Gasteiger partial charge is 0.280 e. The van der Waals surface area contributed by atoms with Crippen molar-refractivity contribution in [1.29, 1.82) is 0 Å². The van der Waals surface area contributed by atoms with E-state index in [1.165, 1.54) is 11.8 Å². The van der Waals surface area contributed by atoms with Crippen LogP contribution >= 0.6 is 11.8 Å². The minimum atomic E-state index is -0.390. The summed E-state index contributed by atoms with van der Waals surface area (Å²) < 4.78 is 0. The predicted octanol–water partition coefficient (Wildman–Crippen LogP) is 0.654. The molecule has 52 valence electrons. The second-order valence-electron chi connectivity index (χ2n) is 1.31. The van der Waals surface area contributed by atoms with E-state index in [9.17, 15) is 10.1 Å². The van der Waals surface area contributed by atoms with Crippen LogP contribution in [0.1, 0.15) is 0 Å². The van der Waals surface area contributed by atoms with Crippen LogP contribution in [-0.4, -0.2) is 29.8 Å². The van der Waals surface area contributed by atoms with Crippen LogP contribution in [0.2, 0.25) is 0 Å². The summed E-state index contributed by atoms with van der Waals surface area (Å²) in [6.07, 6.45) is 1.77. The molecule has 0 N–H and O–H groups in total. The van der Waals surface area contributed by atoms with Crippen LogP contribution in [0.5, 0.6) is 0 Å². The van der Waals surface area contributed by atoms with Crippen LogP contribution < -0.4 is 0 Å². The van der Waals surface area contributed by atoms with Gasteiger partial charge in [0.1, 0.15) is 5.04 Å². The van der Waals surface area contributed by atoms with Gasteiger partial charge in [0.05, 0.1) is 0 Å². The first-order chi connectivity index (χ1) is 4.20. The molecule has 0 bridgehead atoms. The molecule has 4 nitrogen and oxygen atoms in total. The van der Waals surface area contributed by atoms with Crippen molar-refractivity contribution >= 4 is 16.8 Å². The van der Waals surface area contributed by atoms with Crippen molar-refractivity contribution in [2.75, 3.05) is 19.8 Å². The molecule has 5 heteroatoms. The molecule has 0 aromatic rings. The molecule has 0 amide bonds. The third-order valence-electron chi connectivity index (χ3n) is 0.749. The Morgan fingerprint density at radius 2 is 2.44 bits per heavy atom. The zero-order chi connectivity index (χ0) is 7.28. The first-order valence-electron chi connectivity index (χ1n) is 2.32. The van der Waals surface area contributed by atoms with Gasteiger partial charge in [-0.15, -0.1) is 11.8 Å². The van der Waals surface area contributed by atoms with E-state index in [1.807, 2.05) is 0 Å². The van der Waals surface area contributed by atoms with Gasteiger partial charge in [-0.05, 0) is 6.26 Å². The van der Waals surface area contributed by atoms with Crippen LogP contribution in [-0.2, 0) is 0 Å². The normalized spacial score (nSPS) is 11.6. The number of aliphatic imine (C=N–C) groups is 1. The summed E-state index contributed by atoms with van der Waals surface area (Å²) in [7, 11) is 1.55. The first-order valence-corrected chi connectivity index (χ1v) is 3.54. The molecule has 0 aliphatic rings. The second kappa shape index (κ2) is 4.31. The number of hydrogen-bond acceptors (Lipinski definition) is 4. The molecule has 0 rings (SSSR count). The highest BCUT2D eigenvalue weighted by Crippen LogP contribution is 1.96. The van der Waals surface area contributed by atoms with Crippen molar-refractivity contribution in [1.82, 2.24) is 0 Å². The monoisotopic (exact) mass is 148 g/mol. The van der Waals surface area contributed by atoms with Gasteiger partial charge in [-0.25, -0.2) is 0 Å². The number of hydrogen-bond donors (Lipinski definition) is 0. The average molecular weight is 148 g/mol. The fraction of sp³-hybridized carbons (Fsp3) is 0.750. The number of nitrogens with zero attached hydrogens (tertiary/aromatic N) is 2. The van der Waals surface area contributed by atoms with Crippen molar-refractivity contribution in [3.63, 3.8) is 0 Å². The van der Waals surface area contributed by atoms with Crippen molar-refractivity contribution in [2.24, 2.45) is 4.99 Å². The molecule has 0 aromatic carbocycles. The van der Waals surface area contributed by atoms with Crippen LogP contribution in [0.15, 0.2) is 4.99 Å². The third kappa shape index (κ3) is 3.96. The molecule has 0 fully saturated rings. The summed E-state index contributed by atoms with van der Waals surface area (Å²) in [4.78, 5) is 13.1. The Labute approximate surface area is 57.5 Å². The molecule has 0 atom stereocenters. The molecule has 0 aliphatic heterocycles. The van der Waals surface area contributed by atoms with Crippen LogP contribution in [0.4, 0.5) is 0 Å². The molecule has 0 radical (unpaired) electrons. The van der Waals surface area contributed by atoms with Gasteiger partial charge in [0, 0.05) is 12.0 Å². The first kappa shape index (κ1) is 8.42. The van der Waals surface area contributed by atoms with Gasteiger partial charge < -0.3 is 0 Å². The minimum absolute atomic E-state index is 0.155. The molecular weight excluding hydrogens is 140 g/mol. The topological polar surface area (TPSA) is 55.5 Å². The van der Waals surface area contributed by atoms with Gasteiger partial charge in [-0.1, -0.05) is 0 Å². The molecule has 0 aliphatic carbocycles. The average Bonchev–Trinajstić information content (AvgIpc) is 1.82. The standard InChI is InChI=1S/C4H8N2O2S/c1-5-4(9-2)3-6(7)8/h3H2,1-2H3. The number of rotatable bonds is 2. The maximum atomic E-state index is 9.84. The van der Waals surface area contributed by atoms with E-state index >= 15 is 0 Å². The quantitative estimate of drug-likeness (QED) is 0.250. The van der Waals surface area contributed by atoms with Gasteiger partial charge in [-0.2, -0.15) is 0 Å². The molecule has 0 saturated carbocycles. The number of nitro groups is 1. The van der Waals surface area contributed by atoms with Gasteiger partial charge >= 0.3 is 0 Å². The molecule has 0 unspecified atom stereocenters. The Morgan fingerprint density at radius 3 is 2.56 bits per heavy atom. The van der Waals surface area contributed by atoms with Gasteiger partial charge in [0.2, 0.25) is 0 Å². The summed E-state index contributed by atoms with van der Waals surface area (Å²) in [6.45, 7) is -0.155. The lowest BCUT2D eigenvalue weighted by molar-refractivity contribution is -0.462. The van der Waals surface area contributed by atoms with Crippen molar-refractivity contribution in [2.45, 2.75) is 0 Å². The minimum Gasteiger partial charge on any atom is -0.280 e. The van der Waals surface area contributed by atoms with E-state index in [0.717, 1.165) is 0 Å². The van der Waals surface area contributed by atoms with Crippen LogP contribution in [0.25, 0.3) is 0 Å². The Hall–Kier alpha value is -0.580. The third-order valence-corrected chi connectivity index (χ3v) is 1.53. The molecular formula is C4H8N2O2S. The van der Waals surface area contributed by atoms with Crippen LogP contribution in [0.3, 0.4) is 0 Å². The lowest BCUT2D eigenvalue weighted by Crippen LogP contribution is -2.09. The summed E-state index contributed by atoms with van der Waals surface area (Å²) in [5.41, 5.74) is 0. The number of thioether (sulfide) groups is 1. The predicted molar refractivity (Wildman–Crippen MR) is 38.7 cm³/mol. The van der Waals surface area contributed by atoms with E-state index in [4.69, 9.17) is 0 Å². The Bertz CT molecular complexity index is 135. The summed E-state index contributed by atoms with van der Waals surface area (Å²) in [5, 5.41) is 10.4. The van der Waals surface area contributed by atoms with Gasteiger partial charge in [0.25, 0.3) is 6.54 Å². The Balaban J connectivity index is 3.71. The smallest absolute Gasteiger partial charge is 0.250 e. The lowest BCUT2D eigenvalue weighted by atomic mass is 10.7. The van der Waals surface area contributed by atoms with E-state index in [-0.39, 0.29) is 6.54 Å². The zero-order valence-corrected chi connectivity index (χ0v) is 6.14. The molecule has 9 heavy (non-hydrogen) atoms. The maximum Gasteiger partial charge on any atom is 0.250 e. The fourth-order valence-electron chi connectivity index (χ4n) is 0.337. The van der Waals surface area contributed by atoms with Crippen molar-refractivity contribution < 1.29 is 4.92 Å². The van der Waals surface area contributed by atoms with E-state index in [2.05, 4.69) is 4.99 Å². The Morgan fingerprint density at radius 1 is 1.89 bits per heavy atom. The highest BCUT2D eigenvalue weighted by Gasteiger charge is 2.02. The van der Waals surface area contributed by atoms with Crippen molar-refractivity contribution in [3.05, 3.63) is 10.1 Å². The maximum absolute atomic E-state index is 9.84. The summed E-state index contributed by atoms with van der Waals surface area (Å²) in [6, 6.07) is 0. The lowest BCUT2D eigenvalue weighted by Gasteiger charge is -1.92. The van der Waals surface area contributed by atoms with E-state index in [1.54, 1.807) is 13.3 Å². The van der Waals surface area contributed by atoms with E-state index in [0.29, 0.717) is 5.04 Å². The second-order valence-corrected chi connectivity index (χ2v) is 2.19. The van der Waals surface area contributed by atoms with Gasteiger partial charge in [-0.3, -0.25) is 15.1 Å². The summed E-state index contributed by atoms with van der Waals surface area (Å²) in [5.74, 6) is 0. The highest BCUT2D eigenvalue weighted by atomic mass is 32.2. The fourth-order valence-corrected chi connectivity index (χ4v) is 0.754. The molecule has 0 heterocycles. The molecule has 0 spiro atoms. The highest BCUT2D eigenvalue weighted by molar-refractivity contribution is 8.13. The van der Waals surface area contributed by atoms with E-state index < -0.39 is 4.92 Å². The van der Waals surface area contributed by atoms with Gasteiger partial charge in [0.15, 0.2) is 0 Å². The van der Waals surface area contributed by atoms with Crippen molar-refractivity contribution in [3.8, 4) is 0 Å². The Kier molecular flexibility index (Phi) is 4.04. The SMILES string of the molecule is CN=C(C[N+](=O)[O-])SC. The molecule has 0 aromatic heterocycles.